The molecule has 0 aliphatic rings. The predicted molar refractivity (Wildman–Crippen MR) is 66.9 cm³/mol. The van der Waals surface area contributed by atoms with Gasteiger partial charge in [-0.05, 0) is 25.1 Å². The molecule has 1 aromatic carbocycles. The first-order chi connectivity index (χ1) is 8.58. The van der Waals surface area contributed by atoms with E-state index in [0.717, 1.165) is 5.82 Å². The van der Waals surface area contributed by atoms with Crippen LogP contribution in [0.2, 0.25) is 0 Å². The van der Waals surface area contributed by atoms with Crippen LogP contribution in [0.1, 0.15) is 23.1 Å². The topological polar surface area (TPSA) is 46.9 Å². The van der Waals surface area contributed by atoms with E-state index in [1.54, 1.807) is 6.20 Å². The van der Waals surface area contributed by atoms with Crippen LogP contribution in [0.25, 0.3) is 0 Å². The largest absolute Gasteiger partial charge is 0.375 e. The van der Waals surface area contributed by atoms with E-state index in [9.17, 15) is 9.18 Å². The van der Waals surface area contributed by atoms with Crippen LogP contribution in [0.5, 0.6) is 0 Å². The van der Waals surface area contributed by atoms with E-state index >= 15 is 0 Å². The average Bonchev–Trinajstić information content (AvgIpc) is 2.73. The van der Waals surface area contributed by atoms with E-state index in [1.807, 2.05) is 17.8 Å². The Labute approximate surface area is 104 Å². The summed E-state index contributed by atoms with van der Waals surface area (Å²) in [6.07, 6.45) is 3.50. The molecule has 1 N–H and O–H groups in total. The van der Waals surface area contributed by atoms with Gasteiger partial charge in [0, 0.05) is 25.0 Å². The van der Waals surface area contributed by atoms with Crippen molar-refractivity contribution in [2.24, 2.45) is 7.05 Å². The Balaban J connectivity index is 2.16. The number of aryl methyl sites for hydroxylation is 1. The minimum atomic E-state index is -0.380. The average molecular weight is 247 g/mol. The number of carbonyl (C=O) groups is 1. The van der Waals surface area contributed by atoms with Crippen molar-refractivity contribution in [2.75, 3.05) is 5.32 Å². The van der Waals surface area contributed by atoms with Crippen molar-refractivity contribution in [3.05, 3.63) is 47.8 Å². The lowest BCUT2D eigenvalue weighted by atomic mass is 10.1. The lowest BCUT2D eigenvalue weighted by molar-refractivity contribution is 0.101. The Morgan fingerprint density at radius 2 is 2.28 bits per heavy atom. The molecule has 2 rings (SSSR count). The number of ketones is 1. The van der Waals surface area contributed by atoms with Gasteiger partial charge in [0.15, 0.2) is 5.78 Å². The van der Waals surface area contributed by atoms with E-state index in [1.165, 1.54) is 25.1 Å². The maximum atomic E-state index is 13.6. The van der Waals surface area contributed by atoms with Gasteiger partial charge in [0.05, 0.1) is 12.2 Å². The molecule has 0 atom stereocenters. The zero-order valence-corrected chi connectivity index (χ0v) is 10.3. The number of hydrogen-bond donors (Lipinski definition) is 1. The number of imidazole rings is 1. The number of Topliss-reactive ketones (excluding diaryl/α,β-unsaturated/α-hetero) is 1. The molecule has 0 aliphatic carbocycles. The number of hydrogen-bond acceptors (Lipinski definition) is 3. The van der Waals surface area contributed by atoms with Crippen molar-refractivity contribution < 1.29 is 9.18 Å². The number of nitrogens with zero attached hydrogens (tertiary/aromatic N) is 2. The summed E-state index contributed by atoms with van der Waals surface area (Å²) in [4.78, 5) is 15.4. The maximum absolute atomic E-state index is 13.6. The second-order valence-corrected chi connectivity index (χ2v) is 4.06. The number of carbonyl (C=O) groups excluding carboxylic acids is 1. The summed E-state index contributed by atoms with van der Waals surface area (Å²) in [5, 5.41) is 2.94. The molecule has 5 heteroatoms. The second kappa shape index (κ2) is 5.00. The lowest BCUT2D eigenvalue weighted by Gasteiger charge is -2.08. The van der Waals surface area contributed by atoms with Crippen LogP contribution in [0.15, 0.2) is 30.6 Å². The van der Waals surface area contributed by atoms with Gasteiger partial charge in [-0.1, -0.05) is 0 Å². The molecule has 94 valence electrons. The third kappa shape index (κ3) is 2.56. The van der Waals surface area contributed by atoms with Gasteiger partial charge in [0.2, 0.25) is 0 Å². The van der Waals surface area contributed by atoms with Crippen LogP contribution >= 0.6 is 0 Å². The Bertz CT molecular complexity index is 577. The molecular weight excluding hydrogens is 233 g/mol. The molecule has 0 unspecified atom stereocenters. The molecular formula is C13H14FN3O. The minimum absolute atomic E-state index is 0.0879. The van der Waals surface area contributed by atoms with E-state index in [0.29, 0.717) is 17.8 Å². The van der Waals surface area contributed by atoms with Gasteiger partial charge in [-0.15, -0.1) is 0 Å². The van der Waals surface area contributed by atoms with Gasteiger partial charge in [0.25, 0.3) is 0 Å². The fourth-order valence-corrected chi connectivity index (χ4v) is 1.62. The van der Waals surface area contributed by atoms with Crippen LogP contribution in [0, 0.1) is 5.82 Å². The smallest absolute Gasteiger partial charge is 0.159 e. The number of anilines is 1. The molecule has 0 spiro atoms. The van der Waals surface area contributed by atoms with E-state index in [4.69, 9.17) is 0 Å². The highest BCUT2D eigenvalue weighted by atomic mass is 19.1. The predicted octanol–water partition coefficient (Wildman–Crippen LogP) is 2.37. The van der Waals surface area contributed by atoms with Crippen molar-refractivity contribution in [3.63, 3.8) is 0 Å². The zero-order chi connectivity index (χ0) is 13.1. The lowest BCUT2D eigenvalue weighted by Crippen LogP contribution is -2.07. The van der Waals surface area contributed by atoms with Crippen molar-refractivity contribution in [1.82, 2.24) is 9.55 Å². The summed E-state index contributed by atoms with van der Waals surface area (Å²) < 4.78 is 15.4. The normalized spacial score (nSPS) is 10.4. The highest BCUT2D eigenvalue weighted by Crippen LogP contribution is 2.17. The Morgan fingerprint density at radius 3 is 2.89 bits per heavy atom. The van der Waals surface area contributed by atoms with Gasteiger partial charge in [-0.2, -0.15) is 0 Å². The first kappa shape index (κ1) is 12.3. The van der Waals surface area contributed by atoms with Gasteiger partial charge >= 0.3 is 0 Å². The van der Waals surface area contributed by atoms with Crippen LogP contribution in [0.4, 0.5) is 10.1 Å². The summed E-state index contributed by atoms with van der Waals surface area (Å²) in [5.74, 6) is 0.326. The minimum Gasteiger partial charge on any atom is -0.375 e. The van der Waals surface area contributed by atoms with E-state index in [-0.39, 0.29) is 11.6 Å². The molecule has 2 aromatic rings. The van der Waals surface area contributed by atoms with Crippen LogP contribution in [-0.2, 0) is 13.6 Å². The third-order valence-corrected chi connectivity index (χ3v) is 2.73. The third-order valence-electron chi connectivity index (χ3n) is 2.73. The van der Waals surface area contributed by atoms with Crippen molar-refractivity contribution in [1.29, 1.82) is 0 Å². The molecule has 0 amide bonds. The van der Waals surface area contributed by atoms with Gasteiger partial charge in [-0.25, -0.2) is 9.37 Å². The summed E-state index contributed by atoms with van der Waals surface area (Å²) in [7, 11) is 1.87. The zero-order valence-electron chi connectivity index (χ0n) is 10.3. The van der Waals surface area contributed by atoms with Gasteiger partial charge in [-0.3, -0.25) is 4.79 Å². The van der Waals surface area contributed by atoms with E-state index in [2.05, 4.69) is 10.3 Å². The summed E-state index contributed by atoms with van der Waals surface area (Å²) in [6.45, 7) is 1.86. The SMILES string of the molecule is CC(=O)c1ccc(F)c(NCc2nccn2C)c1. The molecule has 0 radical (unpaired) electrons. The Morgan fingerprint density at radius 1 is 1.50 bits per heavy atom. The quantitative estimate of drug-likeness (QED) is 0.844. The fourth-order valence-electron chi connectivity index (χ4n) is 1.62. The standard InChI is InChI=1S/C13H14FN3O/c1-9(18)10-3-4-11(14)12(7-10)16-8-13-15-5-6-17(13)2/h3-7,16H,8H2,1-2H3. The Hall–Kier alpha value is -2.17. The molecule has 4 nitrogen and oxygen atoms in total. The summed E-state index contributed by atoms with van der Waals surface area (Å²) >= 11 is 0. The molecule has 0 fully saturated rings. The number of nitrogens with one attached hydrogen (secondary N) is 1. The molecule has 0 aliphatic heterocycles. The number of benzene rings is 1. The number of halogens is 1. The monoisotopic (exact) mass is 247 g/mol. The second-order valence-electron chi connectivity index (χ2n) is 4.06. The molecule has 0 saturated heterocycles. The molecule has 0 saturated carbocycles. The van der Waals surface area contributed by atoms with Crippen LogP contribution in [-0.4, -0.2) is 15.3 Å². The van der Waals surface area contributed by atoms with Crippen molar-refractivity contribution in [2.45, 2.75) is 13.5 Å². The van der Waals surface area contributed by atoms with Crippen molar-refractivity contribution in [3.8, 4) is 0 Å². The number of rotatable bonds is 4. The number of aromatic nitrogens is 2. The molecule has 1 aromatic heterocycles. The molecule has 18 heavy (non-hydrogen) atoms. The van der Waals surface area contributed by atoms with Gasteiger partial charge in [0.1, 0.15) is 11.6 Å². The maximum Gasteiger partial charge on any atom is 0.159 e. The first-order valence-corrected chi connectivity index (χ1v) is 5.58. The highest BCUT2D eigenvalue weighted by molar-refractivity contribution is 5.94. The highest BCUT2D eigenvalue weighted by Gasteiger charge is 2.07. The summed E-state index contributed by atoms with van der Waals surface area (Å²) in [5.41, 5.74) is 0.796. The molecule has 0 bridgehead atoms. The van der Waals surface area contributed by atoms with Gasteiger partial charge < -0.3 is 9.88 Å². The molecule has 1 heterocycles. The Kier molecular flexibility index (Phi) is 3.41. The van der Waals surface area contributed by atoms with Crippen LogP contribution < -0.4 is 5.32 Å². The first-order valence-electron chi connectivity index (χ1n) is 5.58. The van der Waals surface area contributed by atoms with Crippen molar-refractivity contribution >= 4 is 11.5 Å². The summed E-state index contributed by atoms with van der Waals surface area (Å²) in [6, 6.07) is 4.28. The van der Waals surface area contributed by atoms with E-state index < -0.39 is 0 Å². The fraction of sp³-hybridized carbons (Fsp3) is 0.231. The van der Waals surface area contributed by atoms with Crippen LogP contribution in [0.3, 0.4) is 0 Å².